The normalized spacial score (nSPS) is 16.1. The van der Waals surface area contributed by atoms with Crippen LogP contribution in [-0.4, -0.2) is 30.1 Å². The van der Waals surface area contributed by atoms with Crippen molar-refractivity contribution in [1.29, 1.82) is 0 Å². The summed E-state index contributed by atoms with van der Waals surface area (Å²) in [6.07, 6.45) is 4.14. The van der Waals surface area contributed by atoms with Crippen LogP contribution in [0.15, 0.2) is 28.7 Å². The first kappa shape index (κ1) is 18.4. The molecule has 0 aromatic heterocycles. The van der Waals surface area contributed by atoms with Crippen LogP contribution in [0.5, 0.6) is 0 Å². The number of carbonyl (C=O) groups excluding carboxylic acids is 3. The number of rotatable bonds is 4. The molecule has 0 unspecified atom stereocenters. The van der Waals surface area contributed by atoms with Crippen molar-refractivity contribution in [3.63, 3.8) is 0 Å². The zero-order chi connectivity index (χ0) is 17.5. The smallest absolute Gasteiger partial charge is 0.338 e. The molecule has 1 aromatic rings. The molecule has 1 atom stereocenters. The Morgan fingerprint density at radius 1 is 1.21 bits per heavy atom. The second kappa shape index (κ2) is 8.82. The maximum absolute atomic E-state index is 12.0. The minimum atomic E-state index is -1.06. The molecule has 0 saturated heterocycles. The zero-order valence-corrected chi connectivity index (χ0v) is 15.1. The minimum absolute atomic E-state index is 0.103. The Morgan fingerprint density at radius 2 is 1.92 bits per heavy atom. The van der Waals surface area contributed by atoms with Gasteiger partial charge in [-0.05, 0) is 38.0 Å². The molecule has 3 amide bonds. The summed E-state index contributed by atoms with van der Waals surface area (Å²) in [4.78, 5) is 35.8. The Hall–Kier alpha value is -1.89. The summed E-state index contributed by atoms with van der Waals surface area (Å²) in [6.45, 7) is 1.43. The predicted molar refractivity (Wildman–Crippen MR) is 92.6 cm³/mol. The van der Waals surface area contributed by atoms with Gasteiger partial charge in [-0.25, -0.2) is 9.59 Å². The van der Waals surface area contributed by atoms with E-state index in [-0.39, 0.29) is 6.04 Å². The summed E-state index contributed by atoms with van der Waals surface area (Å²) in [7, 11) is 0. The van der Waals surface area contributed by atoms with Crippen LogP contribution in [-0.2, 0) is 9.53 Å². The van der Waals surface area contributed by atoms with Gasteiger partial charge in [0.1, 0.15) is 0 Å². The maximum Gasteiger partial charge on any atom is 0.338 e. The lowest BCUT2D eigenvalue weighted by atomic mass is 9.96. The van der Waals surface area contributed by atoms with Gasteiger partial charge in [-0.1, -0.05) is 41.3 Å². The van der Waals surface area contributed by atoms with E-state index in [0.29, 0.717) is 5.56 Å². The van der Waals surface area contributed by atoms with Crippen LogP contribution in [0.4, 0.5) is 4.79 Å². The third kappa shape index (κ3) is 5.63. The van der Waals surface area contributed by atoms with Gasteiger partial charge in [0.15, 0.2) is 6.10 Å². The van der Waals surface area contributed by atoms with Crippen molar-refractivity contribution in [1.82, 2.24) is 10.6 Å². The molecular weight excluding hydrogens is 376 g/mol. The monoisotopic (exact) mass is 396 g/mol. The summed E-state index contributed by atoms with van der Waals surface area (Å²) in [6, 6.07) is 6.23. The molecule has 7 heteroatoms. The summed E-state index contributed by atoms with van der Waals surface area (Å²) >= 11 is 3.27. The maximum atomic E-state index is 12.0. The Morgan fingerprint density at radius 3 is 2.58 bits per heavy atom. The molecule has 0 aliphatic heterocycles. The number of amides is 3. The number of benzene rings is 1. The van der Waals surface area contributed by atoms with Crippen molar-refractivity contribution in [2.75, 3.05) is 0 Å². The van der Waals surface area contributed by atoms with Gasteiger partial charge in [-0.3, -0.25) is 10.1 Å². The molecule has 0 heterocycles. The third-order valence-electron chi connectivity index (χ3n) is 3.89. The number of hydrogen-bond donors (Lipinski definition) is 2. The van der Waals surface area contributed by atoms with E-state index in [2.05, 4.69) is 26.6 Å². The Kier molecular flexibility index (Phi) is 6.78. The molecule has 1 saturated carbocycles. The molecule has 130 valence electrons. The molecule has 24 heavy (non-hydrogen) atoms. The highest BCUT2D eigenvalue weighted by Gasteiger charge is 2.22. The van der Waals surface area contributed by atoms with E-state index < -0.39 is 24.0 Å². The third-order valence-corrected chi connectivity index (χ3v) is 4.38. The van der Waals surface area contributed by atoms with E-state index >= 15 is 0 Å². The predicted octanol–water partition coefficient (Wildman–Crippen LogP) is 3.15. The van der Waals surface area contributed by atoms with Crippen molar-refractivity contribution < 1.29 is 19.1 Å². The van der Waals surface area contributed by atoms with Crippen molar-refractivity contribution in [3.8, 4) is 0 Å². The van der Waals surface area contributed by atoms with E-state index in [1.165, 1.54) is 13.3 Å². The Bertz CT molecular complexity index is 614. The van der Waals surface area contributed by atoms with Crippen molar-refractivity contribution >= 4 is 33.8 Å². The fourth-order valence-electron chi connectivity index (χ4n) is 2.58. The van der Waals surface area contributed by atoms with E-state index in [9.17, 15) is 14.4 Å². The average Bonchev–Trinajstić information content (AvgIpc) is 2.55. The van der Waals surface area contributed by atoms with Crippen molar-refractivity contribution in [3.05, 3.63) is 34.3 Å². The van der Waals surface area contributed by atoms with E-state index in [0.717, 1.165) is 30.2 Å². The molecule has 2 N–H and O–H groups in total. The number of esters is 1. The number of nitrogens with one attached hydrogen (secondary N) is 2. The van der Waals surface area contributed by atoms with Crippen LogP contribution in [0.3, 0.4) is 0 Å². The van der Waals surface area contributed by atoms with Gasteiger partial charge in [0.05, 0.1) is 5.56 Å². The molecule has 0 radical (unpaired) electrons. The van der Waals surface area contributed by atoms with Gasteiger partial charge in [0.25, 0.3) is 5.91 Å². The van der Waals surface area contributed by atoms with Gasteiger partial charge < -0.3 is 10.1 Å². The highest BCUT2D eigenvalue weighted by Crippen LogP contribution is 2.17. The fraction of sp³-hybridized carbons (Fsp3) is 0.471. The lowest BCUT2D eigenvalue weighted by Gasteiger charge is -2.23. The summed E-state index contributed by atoms with van der Waals surface area (Å²) in [5.41, 5.74) is 0.329. The van der Waals surface area contributed by atoms with Gasteiger partial charge in [0.2, 0.25) is 0 Å². The van der Waals surface area contributed by atoms with Crippen LogP contribution in [0, 0.1) is 0 Å². The molecule has 0 bridgehead atoms. The average molecular weight is 397 g/mol. The van der Waals surface area contributed by atoms with Gasteiger partial charge >= 0.3 is 12.0 Å². The summed E-state index contributed by atoms with van der Waals surface area (Å²) in [5, 5.41) is 5.00. The first-order chi connectivity index (χ1) is 11.5. The van der Waals surface area contributed by atoms with Gasteiger partial charge in [0, 0.05) is 10.5 Å². The quantitative estimate of drug-likeness (QED) is 0.765. The molecular formula is C17H21BrN2O4. The van der Waals surface area contributed by atoms with Crippen LogP contribution in [0.25, 0.3) is 0 Å². The largest absolute Gasteiger partial charge is 0.449 e. The van der Waals surface area contributed by atoms with Crippen LogP contribution < -0.4 is 10.6 Å². The van der Waals surface area contributed by atoms with Crippen LogP contribution in [0.2, 0.25) is 0 Å². The second-order valence-corrected chi connectivity index (χ2v) is 6.77. The van der Waals surface area contributed by atoms with Crippen LogP contribution >= 0.6 is 15.9 Å². The molecule has 1 aromatic carbocycles. The number of halogens is 1. The Balaban J connectivity index is 1.80. The molecule has 1 fully saturated rings. The lowest BCUT2D eigenvalue weighted by molar-refractivity contribution is -0.127. The topological polar surface area (TPSA) is 84.5 Å². The second-order valence-electron chi connectivity index (χ2n) is 5.86. The van der Waals surface area contributed by atoms with E-state index in [4.69, 9.17) is 4.74 Å². The Labute approximate surface area is 149 Å². The highest BCUT2D eigenvalue weighted by atomic mass is 79.9. The fourth-order valence-corrected chi connectivity index (χ4v) is 2.98. The number of hydrogen-bond acceptors (Lipinski definition) is 4. The molecule has 1 aliphatic rings. The summed E-state index contributed by atoms with van der Waals surface area (Å²) < 4.78 is 5.83. The van der Waals surface area contributed by atoms with Crippen LogP contribution in [0.1, 0.15) is 49.4 Å². The van der Waals surface area contributed by atoms with E-state index in [1.54, 1.807) is 24.3 Å². The number of imide groups is 1. The van der Waals surface area contributed by atoms with Gasteiger partial charge in [-0.2, -0.15) is 0 Å². The standard InChI is InChI=1S/C17H21BrN2O4/c1-11(24-16(22)12-6-5-7-13(18)10-12)15(21)20-17(23)19-14-8-3-2-4-9-14/h5-7,10-11,14H,2-4,8-9H2,1H3,(H2,19,20,21,23)/t11-/m0/s1. The lowest BCUT2D eigenvalue weighted by Crippen LogP contribution is -2.48. The van der Waals surface area contributed by atoms with Crippen molar-refractivity contribution in [2.24, 2.45) is 0 Å². The molecule has 1 aliphatic carbocycles. The minimum Gasteiger partial charge on any atom is -0.449 e. The number of ether oxygens (including phenoxy) is 1. The molecule has 0 spiro atoms. The zero-order valence-electron chi connectivity index (χ0n) is 13.5. The number of carbonyl (C=O) groups is 3. The van der Waals surface area contributed by atoms with E-state index in [1.807, 2.05) is 0 Å². The first-order valence-electron chi connectivity index (χ1n) is 8.03. The molecule has 6 nitrogen and oxygen atoms in total. The van der Waals surface area contributed by atoms with Gasteiger partial charge in [-0.15, -0.1) is 0 Å². The first-order valence-corrected chi connectivity index (χ1v) is 8.83. The summed E-state index contributed by atoms with van der Waals surface area (Å²) in [5.74, 6) is -1.27. The number of urea groups is 1. The molecule has 2 rings (SSSR count). The van der Waals surface area contributed by atoms with Crippen molar-refractivity contribution in [2.45, 2.75) is 51.2 Å². The SMILES string of the molecule is C[C@H](OC(=O)c1cccc(Br)c1)C(=O)NC(=O)NC1CCCCC1. The highest BCUT2D eigenvalue weighted by molar-refractivity contribution is 9.10.